The largest absolute Gasteiger partial charge is 0.354 e. The Hall–Kier alpha value is -1.63. The lowest BCUT2D eigenvalue weighted by molar-refractivity contribution is -0.121. The van der Waals surface area contributed by atoms with E-state index in [4.69, 9.17) is 0 Å². The molecule has 1 atom stereocenters. The lowest BCUT2D eigenvalue weighted by Gasteiger charge is -2.20. The van der Waals surface area contributed by atoms with E-state index in [1.165, 1.54) is 12.8 Å². The van der Waals surface area contributed by atoms with Crippen molar-refractivity contribution < 1.29 is 4.79 Å². The van der Waals surface area contributed by atoms with Crippen molar-refractivity contribution in [2.45, 2.75) is 31.7 Å². The van der Waals surface area contributed by atoms with Gasteiger partial charge in [-0.3, -0.25) is 14.5 Å². The number of nitrogens with one attached hydrogen (secondary N) is 2. The lowest BCUT2D eigenvalue weighted by atomic mass is 9.97. The van der Waals surface area contributed by atoms with Crippen molar-refractivity contribution in [3.8, 4) is 0 Å². The van der Waals surface area contributed by atoms with E-state index in [9.17, 15) is 4.79 Å². The third-order valence-electron chi connectivity index (χ3n) is 4.14. The van der Waals surface area contributed by atoms with Crippen LogP contribution in [0.4, 0.5) is 0 Å². The van der Waals surface area contributed by atoms with Crippen LogP contribution in [0.5, 0.6) is 0 Å². The smallest absolute Gasteiger partial charge is 0.241 e. The fourth-order valence-corrected chi connectivity index (χ4v) is 2.88. The van der Waals surface area contributed by atoms with Crippen molar-refractivity contribution in [2.75, 3.05) is 19.6 Å². The number of carbonyl (C=O) groups is 1. The molecular weight excluding hydrogens is 361 g/mol. The molecule has 2 aromatic heterocycles. The van der Waals surface area contributed by atoms with E-state index in [0.717, 1.165) is 30.8 Å². The highest BCUT2D eigenvalue weighted by molar-refractivity contribution is 5.85. The van der Waals surface area contributed by atoms with Gasteiger partial charge in [0.15, 0.2) is 0 Å². The van der Waals surface area contributed by atoms with Gasteiger partial charge in [-0.25, -0.2) is 0 Å². The van der Waals surface area contributed by atoms with Crippen LogP contribution < -0.4 is 10.6 Å². The highest BCUT2D eigenvalue weighted by atomic mass is 35.5. The minimum Gasteiger partial charge on any atom is -0.354 e. The van der Waals surface area contributed by atoms with Gasteiger partial charge in [0.25, 0.3) is 0 Å². The highest BCUT2D eigenvalue weighted by Gasteiger charge is 2.17. The monoisotopic (exact) mass is 385 g/mol. The number of hydrogen-bond acceptors (Lipinski definition) is 4. The second-order valence-electron chi connectivity index (χ2n) is 5.94. The summed E-state index contributed by atoms with van der Waals surface area (Å²) in [5.74, 6) is 0.462. The molecule has 0 saturated carbocycles. The van der Waals surface area contributed by atoms with E-state index >= 15 is 0 Å². The molecule has 138 valence electrons. The SMILES string of the molecule is Cl.Cl.O=C(Cn1ccc(C2CCCNC2)n1)NCCc1cccnc1. The number of carbonyl (C=O) groups excluding carboxylic acids is 1. The summed E-state index contributed by atoms with van der Waals surface area (Å²) in [6.45, 7) is 2.96. The molecule has 2 N–H and O–H groups in total. The molecule has 0 bridgehead atoms. The Morgan fingerprint density at radius 1 is 1.36 bits per heavy atom. The maximum Gasteiger partial charge on any atom is 0.241 e. The van der Waals surface area contributed by atoms with Gasteiger partial charge in [0.2, 0.25) is 5.91 Å². The molecule has 0 spiro atoms. The summed E-state index contributed by atoms with van der Waals surface area (Å²) < 4.78 is 1.73. The number of rotatable bonds is 6. The van der Waals surface area contributed by atoms with Gasteiger partial charge in [0.1, 0.15) is 6.54 Å². The zero-order valence-electron chi connectivity index (χ0n) is 14.1. The topological polar surface area (TPSA) is 71.8 Å². The molecule has 1 unspecified atom stereocenters. The van der Waals surface area contributed by atoms with E-state index in [-0.39, 0.29) is 37.3 Å². The fraction of sp³-hybridized carbons (Fsp3) is 0.471. The third-order valence-corrected chi connectivity index (χ3v) is 4.14. The molecule has 1 saturated heterocycles. The normalized spacial score (nSPS) is 16.4. The number of nitrogens with zero attached hydrogens (tertiary/aromatic N) is 3. The zero-order chi connectivity index (χ0) is 15.9. The van der Waals surface area contributed by atoms with Crippen LogP contribution in [0.3, 0.4) is 0 Å². The van der Waals surface area contributed by atoms with Crippen LogP contribution in [-0.4, -0.2) is 40.3 Å². The molecule has 3 rings (SSSR count). The van der Waals surface area contributed by atoms with Gasteiger partial charge < -0.3 is 10.6 Å². The van der Waals surface area contributed by atoms with Crippen LogP contribution >= 0.6 is 24.8 Å². The van der Waals surface area contributed by atoms with Crippen LogP contribution in [0.2, 0.25) is 0 Å². The Morgan fingerprint density at radius 2 is 2.24 bits per heavy atom. The molecule has 3 heterocycles. The number of amides is 1. The molecule has 2 aromatic rings. The number of pyridine rings is 1. The summed E-state index contributed by atoms with van der Waals surface area (Å²) in [5.41, 5.74) is 2.21. The van der Waals surface area contributed by atoms with Gasteiger partial charge in [-0.05, 0) is 43.5 Å². The molecule has 6 nitrogen and oxygen atoms in total. The Balaban J connectivity index is 0.00000156. The standard InChI is InChI=1S/C17H23N5O.2ClH/c23-17(20-9-5-14-3-1-7-18-11-14)13-22-10-6-16(21-22)15-4-2-8-19-12-15;;/h1,3,6-7,10-11,15,19H,2,4-5,8-9,12-13H2,(H,20,23);2*1H. The van der Waals surface area contributed by atoms with Crippen molar-refractivity contribution in [3.63, 3.8) is 0 Å². The Bertz CT molecular complexity index is 629. The molecule has 8 heteroatoms. The first-order chi connectivity index (χ1) is 11.3. The van der Waals surface area contributed by atoms with Gasteiger partial charge in [0, 0.05) is 37.6 Å². The summed E-state index contributed by atoms with van der Waals surface area (Å²) in [5, 5.41) is 10.9. The second-order valence-corrected chi connectivity index (χ2v) is 5.94. The zero-order valence-corrected chi connectivity index (χ0v) is 15.7. The molecule has 1 aliphatic heterocycles. The van der Waals surface area contributed by atoms with Gasteiger partial charge in [-0.2, -0.15) is 5.10 Å². The first-order valence-electron chi connectivity index (χ1n) is 8.21. The van der Waals surface area contributed by atoms with E-state index < -0.39 is 0 Å². The molecule has 25 heavy (non-hydrogen) atoms. The van der Waals surface area contributed by atoms with Gasteiger partial charge in [0.05, 0.1) is 5.69 Å². The van der Waals surface area contributed by atoms with Gasteiger partial charge in [-0.15, -0.1) is 24.8 Å². The van der Waals surface area contributed by atoms with E-state index in [1.807, 2.05) is 30.6 Å². The third kappa shape index (κ3) is 6.65. The number of piperidine rings is 1. The number of hydrogen-bond donors (Lipinski definition) is 2. The summed E-state index contributed by atoms with van der Waals surface area (Å²) >= 11 is 0. The quantitative estimate of drug-likeness (QED) is 0.796. The Kier molecular flexibility index (Phi) is 9.49. The van der Waals surface area contributed by atoms with Crippen molar-refractivity contribution >= 4 is 30.7 Å². The van der Waals surface area contributed by atoms with Crippen LogP contribution in [0.1, 0.15) is 30.0 Å². The van der Waals surface area contributed by atoms with Crippen molar-refractivity contribution in [1.82, 2.24) is 25.4 Å². The van der Waals surface area contributed by atoms with Crippen molar-refractivity contribution in [1.29, 1.82) is 0 Å². The van der Waals surface area contributed by atoms with Crippen LogP contribution in [-0.2, 0) is 17.8 Å². The first-order valence-corrected chi connectivity index (χ1v) is 8.21. The predicted octanol–water partition coefficient (Wildman–Crippen LogP) is 1.95. The second kappa shape index (κ2) is 11.1. The van der Waals surface area contributed by atoms with E-state index in [2.05, 4.69) is 20.7 Å². The van der Waals surface area contributed by atoms with Crippen LogP contribution in [0.15, 0.2) is 36.8 Å². The number of halogens is 2. The molecule has 1 aliphatic rings. The average molecular weight is 386 g/mol. The molecule has 1 amide bonds. The summed E-state index contributed by atoms with van der Waals surface area (Å²) in [6, 6.07) is 5.94. The maximum atomic E-state index is 12.0. The van der Waals surface area contributed by atoms with Crippen LogP contribution in [0.25, 0.3) is 0 Å². The van der Waals surface area contributed by atoms with Gasteiger partial charge in [-0.1, -0.05) is 6.07 Å². The Morgan fingerprint density at radius 3 is 2.96 bits per heavy atom. The first kappa shape index (κ1) is 21.4. The summed E-state index contributed by atoms with van der Waals surface area (Å²) in [7, 11) is 0. The van der Waals surface area contributed by atoms with Gasteiger partial charge >= 0.3 is 0 Å². The molecule has 0 aliphatic carbocycles. The molecule has 0 aromatic carbocycles. The fourth-order valence-electron chi connectivity index (χ4n) is 2.88. The molecular formula is C17H25Cl2N5O. The van der Waals surface area contributed by atoms with Crippen molar-refractivity contribution in [2.24, 2.45) is 0 Å². The van der Waals surface area contributed by atoms with E-state index in [1.54, 1.807) is 10.9 Å². The van der Waals surface area contributed by atoms with Crippen LogP contribution in [0, 0.1) is 0 Å². The minimum atomic E-state index is -0.00897. The number of aromatic nitrogens is 3. The summed E-state index contributed by atoms with van der Waals surface area (Å²) in [6.07, 6.45) is 8.61. The average Bonchev–Trinajstić information content (AvgIpc) is 3.05. The highest BCUT2D eigenvalue weighted by Crippen LogP contribution is 2.21. The summed E-state index contributed by atoms with van der Waals surface area (Å²) in [4.78, 5) is 16.1. The van der Waals surface area contributed by atoms with E-state index in [0.29, 0.717) is 12.5 Å². The molecule has 0 radical (unpaired) electrons. The lowest BCUT2D eigenvalue weighted by Crippen LogP contribution is -2.30. The molecule has 1 fully saturated rings. The maximum absolute atomic E-state index is 12.0. The minimum absolute atomic E-state index is 0. The van der Waals surface area contributed by atoms with Crippen molar-refractivity contribution in [3.05, 3.63) is 48.0 Å². The Labute approximate surface area is 160 Å². The predicted molar refractivity (Wildman–Crippen MR) is 103 cm³/mol.